The molecule has 3 heteroatoms. The molecule has 0 spiro atoms. The first-order valence-electron chi connectivity index (χ1n) is 4.23. The summed E-state index contributed by atoms with van der Waals surface area (Å²) < 4.78 is 4.69. The van der Waals surface area contributed by atoms with Gasteiger partial charge in [0.05, 0.1) is 6.61 Å². The lowest BCUT2D eigenvalue weighted by Gasteiger charge is -2.22. The topological polar surface area (TPSA) is 52.3 Å². The van der Waals surface area contributed by atoms with Crippen molar-refractivity contribution in [1.29, 1.82) is 0 Å². The van der Waals surface area contributed by atoms with Gasteiger partial charge in [-0.15, -0.1) is 0 Å². The van der Waals surface area contributed by atoms with Crippen LogP contribution in [0.1, 0.15) is 34.1 Å². The Labute approximate surface area is 74.3 Å². The SMILES string of the molecule is CC(COC(N)=O)CC(C)(C)C. The van der Waals surface area contributed by atoms with Gasteiger partial charge in [0, 0.05) is 0 Å². The molecule has 0 fully saturated rings. The molecule has 1 atom stereocenters. The van der Waals surface area contributed by atoms with Gasteiger partial charge in [0.2, 0.25) is 0 Å². The van der Waals surface area contributed by atoms with Gasteiger partial charge in [-0.2, -0.15) is 0 Å². The molecule has 0 aromatic heterocycles. The summed E-state index contributed by atoms with van der Waals surface area (Å²) in [7, 11) is 0. The van der Waals surface area contributed by atoms with Crippen molar-refractivity contribution in [1.82, 2.24) is 0 Å². The third kappa shape index (κ3) is 7.38. The zero-order valence-electron chi connectivity index (χ0n) is 8.39. The van der Waals surface area contributed by atoms with E-state index in [9.17, 15) is 4.79 Å². The molecule has 0 aliphatic carbocycles. The third-order valence-corrected chi connectivity index (χ3v) is 1.47. The Morgan fingerprint density at radius 2 is 2.00 bits per heavy atom. The van der Waals surface area contributed by atoms with Gasteiger partial charge in [0.15, 0.2) is 0 Å². The maximum absolute atomic E-state index is 10.3. The molecule has 0 aromatic rings. The highest BCUT2D eigenvalue weighted by Crippen LogP contribution is 2.23. The van der Waals surface area contributed by atoms with Crippen LogP contribution in [0, 0.1) is 11.3 Å². The number of ether oxygens (including phenoxy) is 1. The second-order valence-corrected chi connectivity index (χ2v) is 4.50. The Morgan fingerprint density at radius 3 is 2.33 bits per heavy atom. The average Bonchev–Trinajstić information content (AvgIpc) is 1.79. The van der Waals surface area contributed by atoms with Crippen LogP contribution in [0.25, 0.3) is 0 Å². The van der Waals surface area contributed by atoms with Gasteiger partial charge < -0.3 is 10.5 Å². The van der Waals surface area contributed by atoms with Gasteiger partial charge >= 0.3 is 6.09 Å². The maximum atomic E-state index is 10.3. The molecule has 0 saturated carbocycles. The fraction of sp³-hybridized carbons (Fsp3) is 0.889. The summed E-state index contributed by atoms with van der Waals surface area (Å²) in [6, 6.07) is 0. The highest BCUT2D eigenvalue weighted by atomic mass is 16.5. The Bertz CT molecular complexity index is 149. The lowest BCUT2D eigenvalue weighted by Crippen LogP contribution is -2.20. The van der Waals surface area contributed by atoms with Crippen LogP contribution >= 0.6 is 0 Å². The number of carbonyl (C=O) groups is 1. The third-order valence-electron chi connectivity index (χ3n) is 1.47. The first-order chi connectivity index (χ1) is 5.31. The van der Waals surface area contributed by atoms with Crippen molar-refractivity contribution in [2.24, 2.45) is 17.1 Å². The number of carbonyl (C=O) groups excluding carboxylic acids is 1. The normalized spacial score (nSPS) is 14.0. The minimum Gasteiger partial charge on any atom is -0.449 e. The first kappa shape index (κ1) is 11.3. The van der Waals surface area contributed by atoms with E-state index in [2.05, 4.69) is 25.5 Å². The summed E-state index contributed by atoms with van der Waals surface area (Å²) in [5.74, 6) is 0.373. The summed E-state index contributed by atoms with van der Waals surface area (Å²) in [5, 5.41) is 0. The zero-order chi connectivity index (χ0) is 9.78. The molecule has 2 N–H and O–H groups in total. The molecule has 0 radical (unpaired) electrons. The Morgan fingerprint density at radius 1 is 1.50 bits per heavy atom. The van der Waals surface area contributed by atoms with E-state index in [1.54, 1.807) is 0 Å². The van der Waals surface area contributed by atoms with Gasteiger partial charge in [-0.1, -0.05) is 27.7 Å². The van der Waals surface area contributed by atoms with Crippen LogP contribution in [0.15, 0.2) is 0 Å². The van der Waals surface area contributed by atoms with E-state index in [0.717, 1.165) is 6.42 Å². The highest BCUT2D eigenvalue weighted by Gasteiger charge is 2.15. The van der Waals surface area contributed by atoms with Gasteiger partial charge in [0.25, 0.3) is 0 Å². The van der Waals surface area contributed by atoms with E-state index in [4.69, 9.17) is 5.73 Å². The van der Waals surface area contributed by atoms with Crippen LogP contribution in [0.3, 0.4) is 0 Å². The first-order valence-corrected chi connectivity index (χ1v) is 4.23. The van der Waals surface area contributed by atoms with E-state index in [0.29, 0.717) is 12.5 Å². The monoisotopic (exact) mass is 173 g/mol. The Balaban J connectivity index is 3.60. The van der Waals surface area contributed by atoms with Crippen molar-refractivity contribution in [3.05, 3.63) is 0 Å². The molecule has 0 aromatic carbocycles. The smallest absolute Gasteiger partial charge is 0.404 e. The molecule has 12 heavy (non-hydrogen) atoms. The highest BCUT2D eigenvalue weighted by molar-refractivity contribution is 5.64. The summed E-state index contributed by atoms with van der Waals surface area (Å²) in [6.45, 7) is 8.95. The van der Waals surface area contributed by atoms with Gasteiger partial charge in [-0.3, -0.25) is 0 Å². The number of nitrogens with two attached hydrogens (primary N) is 1. The molecular weight excluding hydrogens is 154 g/mol. The molecular formula is C9H19NO2. The minimum atomic E-state index is -0.684. The summed E-state index contributed by atoms with van der Waals surface area (Å²) in [5.41, 5.74) is 5.12. The maximum Gasteiger partial charge on any atom is 0.404 e. The van der Waals surface area contributed by atoms with Crippen LogP contribution in [0.2, 0.25) is 0 Å². The van der Waals surface area contributed by atoms with Crippen molar-refractivity contribution in [3.63, 3.8) is 0 Å². The predicted molar refractivity (Wildman–Crippen MR) is 48.8 cm³/mol. The summed E-state index contributed by atoms with van der Waals surface area (Å²) in [6.07, 6.45) is 0.344. The van der Waals surface area contributed by atoms with Crippen LogP contribution in [0.4, 0.5) is 4.79 Å². The molecule has 0 aliphatic heterocycles. The number of hydrogen-bond acceptors (Lipinski definition) is 2. The average molecular weight is 173 g/mol. The van der Waals surface area contributed by atoms with Gasteiger partial charge in [-0.05, 0) is 17.8 Å². The molecule has 0 heterocycles. The van der Waals surface area contributed by atoms with Crippen LogP contribution < -0.4 is 5.73 Å². The van der Waals surface area contributed by atoms with Crippen molar-refractivity contribution in [2.75, 3.05) is 6.61 Å². The van der Waals surface area contributed by atoms with Gasteiger partial charge in [-0.25, -0.2) is 4.79 Å². The van der Waals surface area contributed by atoms with Crippen molar-refractivity contribution in [2.45, 2.75) is 34.1 Å². The molecule has 1 amide bonds. The Kier molecular flexibility index (Phi) is 4.07. The zero-order valence-corrected chi connectivity index (χ0v) is 8.39. The lowest BCUT2D eigenvalue weighted by molar-refractivity contribution is 0.127. The molecule has 0 aliphatic rings. The van der Waals surface area contributed by atoms with Gasteiger partial charge in [0.1, 0.15) is 0 Å². The molecule has 0 bridgehead atoms. The lowest BCUT2D eigenvalue weighted by atomic mass is 9.86. The predicted octanol–water partition coefficient (Wildman–Crippen LogP) is 2.15. The molecule has 3 nitrogen and oxygen atoms in total. The van der Waals surface area contributed by atoms with Crippen LogP contribution in [0.5, 0.6) is 0 Å². The molecule has 0 rings (SSSR count). The van der Waals surface area contributed by atoms with E-state index in [1.165, 1.54) is 0 Å². The van der Waals surface area contributed by atoms with Crippen molar-refractivity contribution >= 4 is 6.09 Å². The second kappa shape index (κ2) is 4.33. The fourth-order valence-electron chi connectivity index (χ4n) is 1.33. The molecule has 72 valence electrons. The largest absolute Gasteiger partial charge is 0.449 e. The number of hydrogen-bond donors (Lipinski definition) is 1. The molecule has 1 unspecified atom stereocenters. The number of rotatable bonds is 3. The number of amides is 1. The van der Waals surface area contributed by atoms with E-state index in [-0.39, 0.29) is 5.41 Å². The van der Waals surface area contributed by atoms with Crippen LogP contribution in [-0.2, 0) is 4.74 Å². The standard InChI is InChI=1S/C9H19NO2/c1-7(5-9(2,3)4)6-12-8(10)11/h7H,5-6H2,1-4H3,(H2,10,11). The fourth-order valence-corrected chi connectivity index (χ4v) is 1.33. The Hall–Kier alpha value is -0.730. The van der Waals surface area contributed by atoms with Crippen molar-refractivity contribution in [3.8, 4) is 0 Å². The summed E-state index contributed by atoms with van der Waals surface area (Å²) in [4.78, 5) is 10.3. The summed E-state index contributed by atoms with van der Waals surface area (Å²) >= 11 is 0. The second-order valence-electron chi connectivity index (χ2n) is 4.50. The van der Waals surface area contributed by atoms with Crippen molar-refractivity contribution < 1.29 is 9.53 Å². The minimum absolute atomic E-state index is 0.278. The van der Waals surface area contributed by atoms with Crippen LogP contribution in [-0.4, -0.2) is 12.7 Å². The quantitative estimate of drug-likeness (QED) is 0.711. The van der Waals surface area contributed by atoms with E-state index >= 15 is 0 Å². The van der Waals surface area contributed by atoms with E-state index < -0.39 is 6.09 Å². The molecule has 0 saturated heterocycles. The number of primary amides is 1. The van der Waals surface area contributed by atoms with E-state index in [1.807, 2.05) is 6.92 Å².